The smallest absolute Gasteiger partial charge is 0.133 e. The van der Waals surface area contributed by atoms with Gasteiger partial charge in [-0.05, 0) is 51.8 Å². The molecule has 3 nitrogen and oxygen atoms in total. The van der Waals surface area contributed by atoms with E-state index < -0.39 is 0 Å². The van der Waals surface area contributed by atoms with Gasteiger partial charge in [0.1, 0.15) is 5.82 Å². The molecule has 0 aliphatic heterocycles. The molecule has 1 aromatic rings. The fourth-order valence-corrected chi connectivity index (χ4v) is 2.48. The maximum atomic E-state index is 4.82. The van der Waals surface area contributed by atoms with E-state index in [9.17, 15) is 0 Å². The van der Waals surface area contributed by atoms with Crippen molar-refractivity contribution in [2.24, 2.45) is 0 Å². The molecule has 1 heterocycles. The van der Waals surface area contributed by atoms with Crippen molar-refractivity contribution in [2.45, 2.75) is 60.4 Å². The molecule has 0 radical (unpaired) electrons. The van der Waals surface area contributed by atoms with Gasteiger partial charge in [-0.15, -0.1) is 0 Å². The van der Waals surface area contributed by atoms with Crippen LogP contribution < -0.4 is 10.2 Å². The molecule has 0 bridgehead atoms. The van der Waals surface area contributed by atoms with Crippen LogP contribution in [0.1, 0.15) is 56.9 Å². The second kappa shape index (κ2) is 8.96. The Hall–Kier alpha value is -1.09. The third-order valence-electron chi connectivity index (χ3n) is 3.64. The van der Waals surface area contributed by atoms with Crippen LogP contribution in [0.15, 0.2) is 6.07 Å². The van der Waals surface area contributed by atoms with Gasteiger partial charge in [-0.1, -0.05) is 20.3 Å². The predicted octanol–water partition coefficient (Wildman–Crippen LogP) is 3.82. The Morgan fingerprint density at radius 3 is 2.50 bits per heavy atom. The van der Waals surface area contributed by atoms with Crippen LogP contribution in [0.2, 0.25) is 0 Å². The highest BCUT2D eigenvalue weighted by molar-refractivity contribution is 5.51. The lowest BCUT2D eigenvalue weighted by Crippen LogP contribution is -2.28. The molecule has 20 heavy (non-hydrogen) atoms. The number of aryl methyl sites for hydroxylation is 2. The SMILES string of the molecule is CCCCN(CC)c1nc(C)cc(C)c1CNCCC. The minimum atomic E-state index is 0.922. The summed E-state index contributed by atoms with van der Waals surface area (Å²) >= 11 is 0. The largest absolute Gasteiger partial charge is 0.357 e. The van der Waals surface area contributed by atoms with Crippen molar-refractivity contribution < 1.29 is 0 Å². The van der Waals surface area contributed by atoms with Gasteiger partial charge in [0.2, 0.25) is 0 Å². The van der Waals surface area contributed by atoms with E-state index in [1.807, 2.05) is 0 Å². The van der Waals surface area contributed by atoms with Gasteiger partial charge in [0.25, 0.3) is 0 Å². The Bertz CT molecular complexity index is 401. The first-order valence-electron chi connectivity index (χ1n) is 8.06. The number of hydrogen-bond donors (Lipinski definition) is 1. The molecule has 1 rings (SSSR count). The van der Waals surface area contributed by atoms with Gasteiger partial charge in [-0.25, -0.2) is 4.98 Å². The van der Waals surface area contributed by atoms with Crippen molar-refractivity contribution in [3.63, 3.8) is 0 Å². The Morgan fingerprint density at radius 2 is 1.90 bits per heavy atom. The third kappa shape index (κ3) is 4.78. The average Bonchev–Trinajstić information content (AvgIpc) is 2.42. The molecule has 114 valence electrons. The van der Waals surface area contributed by atoms with Crippen molar-refractivity contribution in [3.05, 3.63) is 22.9 Å². The number of pyridine rings is 1. The number of nitrogens with zero attached hydrogens (tertiary/aromatic N) is 2. The lowest BCUT2D eigenvalue weighted by atomic mass is 10.1. The van der Waals surface area contributed by atoms with E-state index in [1.54, 1.807) is 0 Å². The van der Waals surface area contributed by atoms with E-state index in [2.05, 4.69) is 50.9 Å². The van der Waals surface area contributed by atoms with Crippen LogP contribution >= 0.6 is 0 Å². The zero-order chi connectivity index (χ0) is 15.0. The molecule has 0 spiro atoms. The average molecular weight is 277 g/mol. The van der Waals surface area contributed by atoms with Crippen LogP contribution in [0.4, 0.5) is 5.82 Å². The highest BCUT2D eigenvalue weighted by atomic mass is 15.2. The van der Waals surface area contributed by atoms with Gasteiger partial charge in [-0.2, -0.15) is 0 Å². The van der Waals surface area contributed by atoms with Gasteiger partial charge < -0.3 is 10.2 Å². The fraction of sp³-hybridized carbons (Fsp3) is 0.706. The normalized spacial score (nSPS) is 10.8. The molecular weight excluding hydrogens is 246 g/mol. The summed E-state index contributed by atoms with van der Waals surface area (Å²) in [5, 5.41) is 3.52. The van der Waals surface area contributed by atoms with Gasteiger partial charge in [0.05, 0.1) is 0 Å². The molecule has 0 aliphatic carbocycles. The quantitative estimate of drug-likeness (QED) is 0.695. The van der Waals surface area contributed by atoms with Gasteiger partial charge >= 0.3 is 0 Å². The van der Waals surface area contributed by atoms with Crippen LogP contribution in [0.3, 0.4) is 0 Å². The number of hydrogen-bond acceptors (Lipinski definition) is 3. The molecule has 0 amide bonds. The van der Waals surface area contributed by atoms with Crippen molar-refractivity contribution in [1.82, 2.24) is 10.3 Å². The lowest BCUT2D eigenvalue weighted by molar-refractivity contribution is 0.662. The number of anilines is 1. The van der Waals surface area contributed by atoms with Crippen LogP contribution in [0.25, 0.3) is 0 Å². The number of rotatable bonds is 9. The first-order chi connectivity index (χ1) is 9.63. The van der Waals surface area contributed by atoms with E-state index in [4.69, 9.17) is 4.98 Å². The van der Waals surface area contributed by atoms with Crippen LogP contribution in [0.5, 0.6) is 0 Å². The molecule has 3 heteroatoms. The van der Waals surface area contributed by atoms with Crippen molar-refractivity contribution in [2.75, 3.05) is 24.5 Å². The zero-order valence-electron chi connectivity index (χ0n) is 13.9. The topological polar surface area (TPSA) is 28.2 Å². The summed E-state index contributed by atoms with van der Waals surface area (Å²) in [5.74, 6) is 1.18. The Morgan fingerprint density at radius 1 is 1.15 bits per heavy atom. The molecule has 0 unspecified atom stereocenters. The molecule has 0 aliphatic rings. The Balaban J connectivity index is 3.00. The minimum Gasteiger partial charge on any atom is -0.357 e. The van der Waals surface area contributed by atoms with Crippen molar-refractivity contribution in [1.29, 1.82) is 0 Å². The summed E-state index contributed by atoms with van der Waals surface area (Å²) in [6.45, 7) is 15.1. The highest BCUT2D eigenvalue weighted by Gasteiger charge is 2.14. The maximum absolute atomic E-state index is 4.82. The standard InChI is InChI=1S/C17H31N3/c1-6-9-11-20(8-3)17-16(13-18-10-7-2)14(4)12-15(5)19-17/h12,18H,6-11,13H2,1-5H3. The van der Waals surface area contributed by atoms with E-state index in [-0.39, 0.29) is 0 Å². The summed E-state index contributed by atoms with van der Waals surface area (Å²) in [6.07, 6.45) is 3.62. The van der Waals surface area contributed by atoms with Crippen LogP contribution in [0, 0.1) is 13.8 Å². The molecule has 0 saturated carbocycles. The molecule has 1 N–H and O–H groups in total. The van der Waals surface area contributed by atoms with E-state index in [0.29, 0.717) is 0 Å². The minimum absolute atomic E-state index is 0.922. The van der Waals surface area contributed by atoms with E-state index in [1.165, 1.54) is 36.2 Å². The second-order valence-corrected chi connectivity index (χ2v) is 5.49. The first-order valence-corrected chi connectivity index (χ1v) is 8.06. The number of aromatic nitrogens is 1. The van der Waals surface area contributed by atoms with E-state index >= 15 is 0 Å². The van der Waals surface area contributed by atoms with Crippen LogP contribution in [-0.2, 0) is 6.54 Å². The van der Waals surface area contributed by atoms with Crippen molar-refractivity contribution in [3.8, 4) is 0 Å². The van der Waals surface area contributed by atoms with Gasteiger partial charge in [0, 0.05) is 30.9 Å². The van der Waals surface area contributed by atoms with Gasteiger partial charge in [-0.3, -0.25) is 0 Å². The van der Waals surface area contributed by atoms with E-state index in [0.717, 1.165) is 31.9 Å². The Kier molecular flexibility index (Phi) is 7.60. The number of unbranched alkanes of at least 4 members (excludes halogenated alkanes) is 1. The second-order valence-electron chi connectivity index (χ2n) is 5.49. The molecular formula is C17H31N3. The summed E-state index contributed by atoms with van der Waals surface area (Å²) in [7, 11) is 0. The summed E-state index contributed by atoms with van der Waals surface area (Å²) in [4.78, 5) is 7.25. The number of nitrogens with one attached hydrogen (secondary N) is 1. The van der Waals surface area contributed by atoms with Gasteiger partial charge in [0.15, 0.2) is 0 Å². The molecule has 0 atom stereocenters. The monoisotopic (exact) mass is 277 g/mol. The summed E-state index contributed by atoms with van der Waals surface area (Å²) in [5.41, 5.74) is 3.83. The summed E-state index contributed by atoms with van der Waals surface area (Å²) in [6, 6.07) is 2.19. The summed E-state index contributed by atoms with van der Waals surface area (Å²) < 4.78 is 0. The molecule has 0 aromatic carbocycles. The zero-order valence-corrected chi connectivity index (χ0v) is 13.9. The molecule has 0 fully saturated rings. The molecule has 0 saturated heterocycles. The van der Waals surface area contributed by atoms with Crippen LogP contribution in [-0.4, -0.2) is 24.6 Å². The lowest BCUT2D eigenvalue weighted by Gasteiger charge is -2.26. The Labute approximate surface area is 124 Å². The highest BCUT2D eigenvalue weighted by Crippen LogP contribution is 2.23. The third-order valence-corrected chi connectivity index (χ3v) is 3.64. The first kappa shape index (κ1) is 17.0. The fourth-order valence-electron chi connectivity index (χ4n) is 2.48. The van der Waals surface area contributed by atoms with Crippen molar-refractivity contribution >= 4 is 5.82 Å². The maximum Gasteiger partial charge on any atom is 0.133 e. The molecule has 1 aromatic heterocycles. The predicted molar refractivity (Wildman–Crippen MR) is 88.5 cm³/mol.